The molecule has 0 amide bonds. The van der Waals surface area contributed by atoms with E-state index in [0.29, 0.717) is 15.7 Å². The van der Waals surface area contributed by atoms with Crippen molar-refractivity contribution < 1.29 is 9.90 Å². The van der Waals surface area contributed by atoms with Crippen molar-refractivity contribution in [3.05, 3.63) is 41.0 Å². The van der Waals surface area contributed by atoms with E-state index in [9.17, 15) is 15.2 Å². The highest BCUT2D eigenvalue weighted by molar-refractivity contribution is 6.10. The zero-order valence-corrected chi connectivity index (χ0v) is 16.6. The second-order valence-corrected chi connectivity index (χ2v) is 8.13. The van der Waals surface area contributed by atoms with E-state index in [2.05, 4.69) is 11.1 Å². The van der Waals surface area contributed by atoms with Crippen LogP contribution < -0.4 is 4.59 Å². The van der Waals surface area contributed by atoms with E-state index in [1.54, 1.807) is 6.92 Å². The Hall–Kier alpha value is -2.42. The van der Waals surface area contributed by atoms with Crippen molar-refractivity contribution in [2.45, 2.75) is 45.4 Å². The molecule has 0 bridgehead atoms. The molecule has 0 aromatic heterocycles. The number of piperidine rings is 2. The number of fused-ring (bicyclic) bond motifs is 1. The Morgan fingerprint density at radius 1 is 1.04 bits per heavy atom. The van der Waals surface area contributed by atoms with Crippen LogP contribution >= 0.6 is 0 Å². The molecule has 28 heavy (non-hydrogen) atoms. The number of carbonyl (C=O) groups is 1. The molecule has 0 unspecified atom stereocenters. The van der Waals surface area contributed by atoms with Gasteiger partial charge in [0.05, 0.1) is 5.56 Å². The van der Waals surface area contributed by atoms with Crippen LogP contribution in [0.2, 0.25) is 0 Å². The smallest absolute Gasteiger partial charge is 0.336 e. The quantitative estimate of drug-likeness (QED) is 0.792. The number of nitriles is 1. The molecule has 2 saturated heterocycles. The summed E-state index contributed by atoms with van der Waals surface area (Å²) in [6.45, 7) is 5.86. The lowest BCUT2D eigenvalue weighted by molar-refractivity contribution is -0.0432. The summed E-state index contributed by atoms with van der Waals surface area (Å²) < 4.78 is 0.712. The summed E-state index contributed by atoms with van der Waals surface area (Å²) in [6.07, 6.45) is 7.13. The summed E-state index contributed by atoms with van der Waals surface area (Å²) in [5.41, 5.74) is 2.46. The molecule has 0 atom stereocenters. The highest BCUT2D eigenvalue weighted by atomic mass is 16.4. The fraction of sp³-hybridized carbons (Fsp3) is 0.478. The van der Waals surface area contributed by atoms with Gasteiger partial charge in [0.2, 0.25) is 0 Å². The molecule has 0 spiro atoms. The minimum absolute atomic E-state index is 0.268. The van der Waals surface area contributed by atoms with Crippen LogP contribution in [0.25, 0.3) is 10.8 Å². The molecule has 2 aliphatic heterocycles. The molecule has 0 radical (unpaired) electrons. The highest BCUT2D eigenvalue weighted by Gasteiger charge is 2.44. The van der Waals surface area contributed by atoms with Gasteiger partial charge in [0, 0.05) is 23.9 Å². The monoisotopic (exact) mass is 378 g/mol. The standard InChI is InChI=1S/C23H27N3O2/c1-17-20(16-24)22(19-11-5-4-10-18(19)21(17)23(27)28)26(14-8-3-9-15-26)25-12-6-2-7-13-25/h4-5,10-11H,2-3,6-9,12-15H2,1H3/p+1. The third kappa shape index (κ3) is 2.88. The number of aromatic carboxylic acids is 1. The van der Waals surface area contributed by atoms with Crippen LogP contribution in [0.4, 0.5) is 5.69 Å². The first-order valence-corrected chi connectivity index (χ1v) is 10.4. The van der Waals surface area contributed by atoms with Crippen LogP contribution in [0.3, 0.4) is 0 Å². The first kappa shape index (κ1) is 18.9. The van der Waals surface area contributed by atoms with Crippen LogP contribution in [0.1, 0.15) is 60.0 Å². The summed E-state index contributed by atoms with van der Waals surface area (Å²) >= 11 is 0. The lowest BCUT2D eigenvalue weighted by Crippen LogP contribution is -2.65. The van der Waals surface area contributed by atoms with Crippen LogP contribution in [-0.4, -0.2) is 42.3 Å². The topological polar surface area (TPSA) is 64.3 Å². The van der Waals surface area contributed by atoms with E-state index in [0.717, 1.165) is 55.5 Å². The molecule has 2 fully saturated rings. The zero-order chi connectivity index (χ0) is 19.7. The molecular formula is C23H28N3O2+. The average molecular weight is 378 g/mol. The average Bonchev–Trinajstić information content (AvgIpc) is 2.73. The maximum absolute atomic E-state index is 12.0. The third-order valence-corrected chi connectivity index (χ3v) is 6.61. The molecule has 2 aromatic carbocycles. The molecule has 2 aromatic rings. The minimum Gasteiger partial charge on any atom is -0.478 e. The first-order valence-electron chi connectivity index (χ1n) is 10.4. The molecular weight excluding hydrogens is 350 g/mol. The van der Waals surface area contributed by atoms with E-state index >= 15 is 0 Å². The Morgan fingerprint density at radius 2 is 1.64 bits per heavy atom. The van der Waals surface area contributed by atoms with E-state index in [1.165, 1.54) is 25.7 Å². The SMILES string of the molecule is Cc1c(C#N)c([N+]2(N3CCCCC3)CCCCC2)c2ccccc2c1C(=O)O. The van der Waals surface area contributed by atoms with Gasteiger partial charge >= 0.3 is 5.97 Å². The maximum Gasteiger partial charge on any atom is 0.336 e. The van der Waals surface area contributed by atoms with Crippen molar-refractivity contribution >= 4 is 22.4 Å². The van der Waals surface area contributed by atoms with Gasteiger partial charge in [-0.3, -0.25) is 0 Å². The number of carboxylic acids is 1. The van der Waals surface area contributed by atoms with E-state index in [4.69, 9.17) is 0 Å². The number of hydrogen-bond donors (Lipinski definition) is 1. The highest BCUT2D eigenvalue weighted by Crippen LogP contribution is 2.43. The van der Waals surface area contributed by atoms with Crippen molar-refractivity contribution in [2.24, 2.45) is 0 Å². The summed E-state index contributed by atoms with van der Waals surface area (Å²) in [5, 5.41) is 24.2. The van der Waals surface area contributed by atoms with Crippen LogP contribution in [0.15, 0.2) is 24.3 Å². The maximum atomic E-state index is 12.0. The predicted molar refractivity (Wildman–Crippen MR) is 111 cm³/mol. The van der Waals surface area contributed by atoms with Crippen molar-refractivity contribution in [3.8, 4) is 6.07 Å². The largest absolute Gasteiger partial charge is 0.478 e. The summed E-state index contributed by atoms with van der Waals surface area (Å²) in [4.78, 5) is 12.0. The van der Waals surface area contributed by atoms with Gasteiger partial charge in [0.1, 0.15) is 24.7 Å². The van der Waals surface area contributed by atoms with Crippen molar-refractivity contribution in [3.63, 3.8) is 0 Å². The van der Waals surface area contributed by atoms with E-state index in [-0.39, 0.29) is 5.56 Å². The molecule has 0 saturated carbocycles. The lowest BCUT2D eigenvalue weighted by atomic mass is 9.91. The number of carboxylic acid groups (broad SMARTS) is 1. The molecule has 2 aliphatic rings. The lowest BCUT2D eigenvalue weighted by Gasteiger charge is -2.49. The Balaban J connectivity index is 2.07. The first-order chi connectivity index (χ1) is 13.6. The Kier molecular flexibility index (Phi) is 5.09. The summed E-state index contributed by atoms with van der Waals surface area (Å²) in [7, 11) is 0. The van der Waals surface area contributed by atoms with Crippen molar-refractivity contribution in [1.29, 1.82) is 5.26 Å². The number of nitrogens with zero attached hydrogens (tertiary/aromatic N) is 3. The molecule has 146 valence electrons. The zero-order valence-electron chi connectivity index (χ0n) is 16.6. The third-order valence-electron chi connectivity index (χ3n) is 6.61. The molecule has 5 heteroatoms. The Bertz CT molecular complexity index is 948. The molecule has 2 heterocycles. The van der Waals surface area contributed by atoms with Gasteiger partial charge in [0.15, 0.2) is 5.69 Å². The van der Waals surface area contributed by atoms with Crippen LogP contribution in [-0.2, 0) is 0 Å². The number of hydrogen-bond acceptors (Lipinski definition) is 3. The van der Waals surface area contributed by atoms with Crippen molar-refractivity contribution in [2.75, 3.05) is 26.2 Å². The number of rotatable bonds is 3. The van der Waals surface area contributed by atoms with Gasteiger partial charge in [-0.15, -0.1) is 5.01 Å². The van der Waals surface area contributed by atoms with Gasteiger partial charge < -0.3 is 5.11 Å². The van der Waals surface area contributed by atoms with Gasteiger partial charge in [-0.2, -0.15) is 5.26 Å². The van der Waals surface area contributed by atoms with Gasteiger partial charge in [0.25, 0.3) is 0 Å². The van der Waals surface area contributed by atoms with Crippen LogP contribution in [0.5, 0.6) is 0 Å². The predicted octanol–water partition coefficient (Wildman–Crippen LogP) is 4.61. The van der Waals surface area contributed by atoms with Crippen LogP contribution in [0, 0.1) is 18.3 Å². The second kappa shape index (κ2) is 7.54. The van der Waals surface area contributed by atoms with Gasteiger partial charge in [-0.1, -0.05) is 24.6 Å². The minimum atomic E-state index is -0.958. The fourth-order valence-corrected chi connectivity index (χ4v) is 5.33. The molecule has 5 nitrogen and oxygen atoms in total. The fourth-order valence-electron chi connectivity index (χ4n) is 5.33. The second-order valence-electron chi connectivity index (χ2n) is 8.13. The normalized spacial score (nSPS) is 20.0. The molecule has 4 rings (SSSR count). The van der Waals surface area contributed by atoms with Gasteiger partial charge in [-0.25, -0.2) is 9.39 Å². The number of benzene rings is 2. The molecule has 1 N–H and O–H groups in total. The summed E-state index contributed by atoms with van der Waals surface area (Å²) in [6, 6.07) is 10.2. The number of quaternary nitrogens is 1. The Labute approximate surface area is 166 Å². The van der Waals surface area contributed by atoms with Gasteiger partial charge in [-0.05, 0) is 50.7 Å². The molecule has 0 aliphatic carbocycles. The van der Waals surface area contributed by atoms with E-state index in [1.807, 2.05) is 24.3 Å². The van der Waals surface area contributed by atoms with Crippen molar-refractivity contribution in [1.82, 2.24) is 9.60 Å². The summed E-state index contributed by atoms with van der Waals surface area (Å²) in [5.74, 6) is -0.958. The Morgan fingerprint density at radius 3 is 2.25 bits per heavy atom. The van der Waals surface area contributed by atoms with E-state index < -0.39 is 5.97 Å².